The molecule has 11 nitrogen and oxygen atoms in total. The van der Waals surface area contributed by atoms with Gasteiger partial charge in [0.2, 0.25) is 0 Å². The summed E-state index contributed by atoms with van der Waals surface area (Å²) in [4.78, 5) is 48.8. The number of thioether (sulfide) groups is 2. The predicted molar refractivity (Wildman–Crippen MR) is 128 cm³/mol. The van der Waals surface area contributed by atoms with E-state index in [0.29, 0.717) is 17.1 Å². The molecular formula is C20H21N6O5S3+. The van der Waals surface area contributed by atoms with Crippen molar-refractivity contribution in [3.63, 3.8) is 0 Å². The number of nitrogen functional groups attached to an aromatic ring is 1. The Morgan fingerprint density at radius 1 is 1.44 bits per heavy atom. The number of amides is 2. The van der Waals surface area contributed by atoms with Crippen LogP contribution in [0.3, 0.4) is 0 Å². The number of carboxylic acid groups (broad SMARTS) is 1. The van der Waals surface area contributed by atoms with Gasteiger partial charge in [-0.25, -0.2) is 14.3 Å². The highest BCUT2D eigenvalue weighted by Gasteiger charge is 2.54. The number of carbonyl (C=O) groups is 3. The summed E-state index contributed by atoms with van der Waals surface area (Å²) in [5.41, 5.74) is 6.38. The Bertz CT molecular complexity index is 1200. The van der Waals surface area contributed by atoms with E-state index in [1.807, 2.05) is 36.1 Å². The van der Waals surface area contributed by atoms with Crippen molar-refractivity contribution in [1.82, 2.24) is 15.2 Å². The summed E-state index contributed by atoms with van der Waals surface area (Å²) in [6.07, 6.45) is 3.82. The second-order valence-electron chi connectivity index (χ2n) is 7.30. The second kappa shape index (κ2) is 10.0. The molecule has 4 rings (SSSR count). The molecule has 0 aromatic carbocycles. The van der Waals surface area contributed by atoms with Gasteiger partial charge in [0.25, 0.3) is 11.8 Å². The summed E-state index contributed by atoms with van der Waals surface area (Å²) < 4.78 is 1.91. The number of nitrogens with one attached hydrogen (secondary N) is 1. The molecule has 14 heteroatoms. The number of nitrogens with two attached hydrogens (primary N) is 1. The molecule has 0 spiro atoms. The van der Waals surface area contributed by atoms with E-state index in [4.69, 9.17) is 10.6 Å². The quantitative estimate of drug-likeness (QED) is 0.148. The zero-order valence-electron chi connectivity index (χ0n) is 18.1. The molecule has 2 atom stereocenters. The van der Waals surface area contributed by atoms with Gasteiger partial charge < -0.3 is 21.0 Å². The molecule has 2 aromatic heterocycles. The fourth-order valence-electron chi connectivity index (χ4n) is 3.45. The maximum atomic E-state index is 12.9. The van der Waals surface area contributed by atoms with Crippen molar-refractivity contribution in [2.45, 2.75) is 16.3 Å². The Balaban J connectivity index is 1.48. The standard InChI is InChI=1S/C20H20N6O5S3/c1-25-5-3-11(4-6-25)32-7-10-8-33-18-14(17(28)26(18)15(10)19(29)30)23-16(27)13(24-31-2)12-9-34-20(21)22-12/h3-6,9,14,18H,7-8H2,1-2H3,(H3-,21,22,23,27,29,30)/p+1/b24-13-/t14-,18-/m1/s1. The van der Waals surface area contributed by atoms with Gasteiger partial charge in [-0.15, -0.1) is 34.9 Å². The Morgan fingerprint density at radius 2 is 2.18 bits per heavy atom. The summed E-state index contributed by atoms with van der Waals surface area (Å²) >= 11 is 4.05. The number of thiazole rings is 1. The van der Waals surface area contributed by atoms with E-state index in [1.165, 1.54) is 35.5 Å². The zero-order chi connectivity index (χ0) is 24.4. The third kappa shape index (κ3) is 4.74. The first-order valence-corrected chi connectivity index (χ1v) is 12.8. The fraction of sp³-hybridized carbons (Fsp3) is 0.300. The number of carboxylic acids is 1. The number of aliphatic carboxylic acids is 1. The number of carbonyl (C=O) groups excluding carboxylic acids is 2. The van der Waals surface area contributed by atoms with Crippen LogP contribution in [0.1, 0.15) is 5.69 Å². The summed E-state index contributed by atoms with van der Waals surface area (Å²) in [6.45, 7) is 0. The highest BCUT2D eigenvalue weighted by atomic mass is 32.2. The van der Waals surface area contributed by atoms with Gasteiger partial charge in [0.1, 0.15) is 37.0 Å². The van der Waals surface area contributed by atoms with Gasteiger partial charge in [-0.3, -0.25) is 14.5 Å². The van der Waals surface area contributed by atoms with Crippen molar-refractivity contribution in [2.24, 2.45) is 12.2 Å². The van der Waals surface area contributed by atoms with Crippen molar-refractivity contribution in [2.75, 3.05) is 24.3 Å². The number of fused-ring (bicyclic) bond motifs is 1. The number of anilines is 1. The van der Waals surface area contributed by atoms with Crippen LogP contribution < -0.4 is 15.6 Å². The van der Waals surface area contributed by atoms with Crippen molar-refractivity contribution in [3.8, 4) is 0 Å². The Kier molecular flexibility index (Phi) is 7.09. The van der Waals surface area contributed by atoms with Crippen molar-refractivity contribution in [3.05, 3.63) is 46.9 Å². The average Bonchev–Trinajstić information content (AvgIpc) is 3.25. The third-order valence-corrected chi connectivity index (χ3v) is 8.17. The molecule has 4 heterocycles. The summed E-state index contributed by atoms with van der Waals surface area (Å²) in [5, 5.41) is 17.5. The minimum Gasteiger partial charge on any atom is -0.477 e. The molecule has 178 valence electrons. The number of pyridine rings is 1. The summed E-state index contributed by atoms with van der Waals surface area (Å²) in [7, 11) is 3.20. The van der Waals surface area contributed by atoms with Gasteiger partial charge in [0, 0.05) is 33.9 Å². The summed E-state index contributed by atoms with van der Waals surface area (Å²) in [6, 6.07) is 2.99. The molecule has 0 unspecified atom stereocenters. The monoisotopic (exact) mass is 521 g/mol. The van der Waals surface area contributed by atoms with Crippen LogP contribution in [0.25, 0.3) is 0 Å². The number of hydrogen-bond acceptors (Lipinski definition) is 10. The van der Waals surface area contributed by atoms with Gasteiger partial charge in [-0.1, -0.05) is 5.16 Å². The van der Waals surface area contributed by atoms with Crippen LogP contribution in [-0.4, -0.2) is 68.5 Å². The topological polar surface area (TPSA) is 151 Å². The number of hydrogen-bond donors (Lipinski definition) is 3. The van der Waals surface area contributed by atoms with E-state index in [2.05, 4.69) is 15.5 Å². The lowest BCUT2D eigenvalue weighted by Gasteiger charge is -2.49. The van der Waals surface area contributed by atoms with Crippen LogP contribution in [0, 0.1) is 0 Å². The van der Waals surface area contributed by atoms with Crippen LogP contribution in [0.2, 0.25) is 0 Å². The van der Waals surface area contributed by atoms with Crippen molar-refractivity contribution >= 4 is 63.5 Å². The summed E-state index contributed by atoms with van der Waals surface area (Å²) in [5.74, 6) is -1.46. The van der Waals surface area contributed by atoms with Crippen LogP contribution in [0.15, 0.2) is 51.2 Å². The number of β-lactam (4-membered cyclic amide) rings is 1. The molecule has 2 aliphatic rings. The largest absolute Gasteiger partial charge is 0.477 e. The molecule has 0 saturated carbocycles. The van der Waals surface area contributed by atoms with E-state index in [0.717, 1.165) is 16.2 Å². The molecule has 2 amide bonds. The minimum absolute atomic E-state index is 0.0220. The normalized spacial score (nSPS) is 20.0. The number of nitrogens with zero attached hydrogens (tertiary/aromatic N) is 4. The molecule has 0 aliphatic carbocycles. The smallest absolute Gasteiger partial charge is 0.352 e. The Hall–Kier alpha value is -3.10. The maximum Gasteiger partial charge on any atom is 0.352 e. The van der Waals surface area contributed by atoms with Crippen molar-refractivity contribution in [1.29, 1.82) is 0 Å². The molecule has 2 aliphatic heterocycles. The first-order chi connectivity index (χ1) is 16.3. The third-order valence-electron chi connectivity index (χ3n) is 5.06. The van der Waals surface area contributed by atoms with Gasteiger partial charge in [0.05, 0.1) is 0 Å². The molecule has 4 N–H and O–H groups in total. The van der Waals surface area contributed by atoms with Crippen LogP contribution >= 0.6 is 34.9 Å². The molecule has 2 aromatic rings. The van der Waals surface area contributed by atoms with E-state index >= 15 is 0 Å². The van der Waals surface area contributed by atoms with E-state index in [9.17, 15) is 19.5 Å². The fourth-order valence-corrected chi connectivity index (χ4v) is 6.37. The van der Waals surface area contributed by atoms with Gasteiger partial charge in [-0.05, 0) is 5.57 Å². The molecular weight excluding hydrogens is 500 g/mol. The number of oxime groups is 1. The van der Waals surface area contributed by atoms with Gasteiger partial charge >= 0.3 is 5.97 Å². The average molecular weight is 522 g/mol. The highest BCUT2D eigenvalue weighted by molar-refractivity contribution is 8.01. The lowest BCUT2D eigenvalue weighted by atomic mass is 10.0. The SMILES string of the molecule is CO/N=C(\C(=O)N[C@@H]1C(=O)N2C(C(=O)O)=C(CSc3cc[n+](C)cc3)CS[C@H]12)c1csc(N)n1. The lowest BCUT2D eigenvalue weighted by molar-refractivity contribution is -0.671. The number of aryl methyl sites for hydroxylation is 1. The van der Waals surface area contributed by atoms with Crippen LogP contribution in [0.4, 0.5) is 5.13 Å². The lowest BCUT2D eigenvalue weighted by Crippen LogP contribution is -2.71. The molecule has 34 heavy (non-hydrogen) atoms. The van der Waals surface area contributed by atoms with E-state index in [1.54, 1.807) is 5.38 Å². The first kappa shape index (κ1) is 24.0. The van der Waals surface area contributed by atoms with Gasteiger partial charge in [0.15, 0.2) is 23.2 Å². The van der Waals surface area contributed by atoms with Crippen molar-refractivity contribution < 1.29 is 28.9 Å². The van der Waals surface area contributed by atoms with Crippen LogP contribution in [-0.2, 0) is 26.3 Å². The van der Waals surface area contributed by atoms with Gasteiger partial charge in [-0.2, -0.15) is 0 Å². The molecule has 1 fully saturated rings. The van der Waals surface area contributed by atoms with E-state index < -0.39 is 29.2 Å². The predicted octanol–water partition coefficient (Wildman–Crippen LogP) is 0.431. The Morgan fingerprint density at radius 3 is 2.79 bits per heavy atom. The molecule has 0 radical (unpaired) electrons. The maximum absolute atomic E-state index is 12.9. The Labute approximate surface area is 207 Å². The highest BCUT2D eigenvalue weighted by Crippen LogP contribution is 2.41. The van der Waals surface area contributed by atoms with E-state index in [-0.39, 0.29) is 22.2 Å². The second-order valence-corrected chi connectivity index (χ2v) is 10.3. The first-order valence-electron chi connectivity index (χ1n) is 9.91. The molecule has 1 saturated heterocycles. The zero-order valence-corrected chi connectivity index (χ0v) is 20.6. The number of aromatic nitrogens is 2. The minimum atomic E-state index is -1.17. The molecule has 0 bridgehead atoms. The van der Waals surface area contributed by atoms with Crippen LogP contribution in [0.5, 0.6) is 0 Å². The number of rotatable bonds is 8.